The molecule has 0 fully saturated rings. The Balaban J connectivity index is 0. The molecule has 0 saturated carbocycles. The van der Waals surface area contributed by atoms with E-state index in [1.54, 1.807) is 0 Å². The van der Waals surface area contributed by atoms with E-state index in [2.05, 4.69) is 29.5 Å². The van der Waals surface area contributed by atoms with E-state index in [0.29, 0.717) is 12.1 Å². The Labute approximate surface area is 140 Å². The third-order valence-electron chi connectivity index (χ3n) is 3.19. The van der Waals surface area contributed by atoms with Gasteiger partial charge >= 0.3 is 0 Å². The first-order chi connectivity index (χ1) is 9.08. The van der Waals surface area contributed by atoms with Crippen LogP contribution in [-0.4, -0.2) is 39.1 Å². The van der Waals surface area contributed by atoms with Crippen LogP contribution in [0.3, 0.4) is 0 Å². The van der Waals surface area contributed by atoms with Crippen molar-refractivity contribution in [1.82, 2.24) is 10.6 Å². The third-order valence-corrected chi connectivity index (χ3v) is 3.19. The van der Waals surface area contributed by atoms with Gasteiger partial charge in [0.2, 0.25) is 0 Å². The maximum atomic E-state index is 11.9. The normalized spacial score (nSPS) is 10.9. The highest BCUT2D eigenvalue weighted by atomic mass is 35.5. The molecule has 1 atom stereocenters. The van der Waals surface area contributed by atoms with E-state index in [1.165, 1.54) is 0 Å². The molecule has 1 amide bonds. The number of rotatable bonds is 7. The number of carbonyl (C=O) groups excluding carboxylic acids is 1. The summed E-state index contributed by atoms with van der Waals surface area (Å²) >= 11 is 0. The van der Waals surface area contributed by atoms with Crippen LogP contribution < -0.4 is 15.5 Å². The average Bonchev–Trinajstić information content (AvgIpc) is 2.44. The van der Waals surface area contributed by atoms with Crippen molar-refractivity contribution in [1.29, 1.82) is 0 Å². The van der Waals surface area contributed by atoms with Gasteiger partial charge < -0.3 is 15.5 Å². The van der Waals surface area contributed by atoms with E-state index in [9.17, 15) is 4.79 Å². The first-order valence-corrected chi connectivity index (χ1v) is 6.85. The van der Waals surface area contributed by atoms with Crippen molar-refractivity contribution >= 4 is 36.4 Å². The molecule has 0 saturated heterocycles. The number of hydrogen-bond donors (Lipinski definition) is 2. The Bertz CT molecular complexity index is 398. The third kappa shape index (κ3) is 7.55. The number of nitrogens with one attached hydrogen (secondary N) is 2. The van der Waals surface area contributed by atoms with Gasteiger partial charge in [-0.3, -0.25) is 4.79 Å². The van der Waals surface area contributed by atoms with Crippen molar-refractivity contribution in [2.45, 2.75) is 26.3 Å². The lowest BCUT2D eigenvalue weighted by Crippen LogP contribution is -2.37. The van der Waals surface area contributed by atoms with Crippen molar-refractivity contribution in [3.05, 3.63) is 29.8 Å². The van der Waals surface area contributed by atoms with Gasteiger partial charge in [0.25, 0.3) is 5.91 Å². The molecule has 4 nitrogen and oxygen atoms in total. The molecule has 6 heteroatoms. The molecule has 0 spiro atoms. The summed E-state index contributed by atoms with van der Waals surface area (Å²) in [6.07, 6.45) is 1.11. The lowest BCUT2D eigenvalue weighted by molar-refractivity contribution is 0.0950. The van der Waals surface area contributed by atoms with E-state index in [4.69, 9.17) is 0 Å². The SMILES string of the molecule is CCCN(C)c1ccc(C(=O)NCC(C)NC)cc1.Cl.Cl. The summed E-state index contributed by atoms with van der Waals surface area (Å²) in [6, 6.07) is 8.01. The van der Waals surface area contributed by atoms with Crippen molar-refractivity contribution < 1.29 is 4.79 Å². The van der Waals surface area contributed by atoms with Crippen LogP contribution in [0, 0.1) is 0 Å². The molecule has 21 heavy (non-hydrogen) atoms. The van der Waals surface area contributed by atoms with E-state index >= 15 is 0 Å². The van der Waals surface area contributed by atoms with Crippen molar-refractivity contribution in [2.75, 3.05) is 32.1 Å². The van der Waals surface area contributed by atoms with Crippen molar-refractivity contribution in [3.63, 3.8) is 0 Å². The lowest BCUT2D eigenvalue weighted by atomic mass is 10.1. The molecule has 0 bridgehead atoms. The van der Waals surface area contributed by atoms with Gasteiger partial charge in [-0.1, -0.05) is 6.92 Å². The fourth-order valence-corrected chi connectivity index (χ4v) is 1.78. The van der Waals surface area contributed by atoms with Crippen molar-refractivity contribution in [3.8, 4) is 0 Å². The minimum Gasteiger partial charge on any atom is -0.375 e. The highest BCUT2D eigenvalue weighted by Gasteiger charge is 2.07. The molecule has 0 aliphatic carbocycles. The van der Waals surface area contributed by atoms with Gasteiger partial charge in [-0.25, -0.2) is 0 Å². The molecule has 1 aromatic rings. The first-order valence-electron chi connectivity index (χ1n) is 6.85. The number of hydrogen-bond acceptors (Lipinski definition) is 3. The summed E-state index contributed by atoms with van der Waals surface area (Å²) in [4.78, 5) is 14.1. The second-order valence-electron chi connectivity index (χ2n) is 4.87. The summed E-state index contributed by atoms with van der Waals surface area (Å²) < 4.78 is 0. The Morgan fingerprint density at radius 1 is 1.24 bits per heavy atom. The number of halogens is 2. The van der Waals surface area contributed by atoms with E-state index in [-0.39, 0.29) is 36.8 Å². The van der Waals surface area contributed by atoms with Gasteiger partial charge in [-0.2, -0.15) is 0 Å². The van der Waals surface area contributed by atoms with Crippen LogP contribution in [0.1, 0.15) is 30.6 Å². The molecule has 0 radical (unpaired) electrons. The minimum absolute atomic E-state index is 0. The number of anilines is 1. The molecule has 122 valence electrons. The molecular formula is C15H27Cl2N3O. The number of likely N-dealkylation sites (N-methyl/N-ethyl adjacent to an activating group) is 1. The van der Waals surface area contributed by atoms with E-state index in [0.717, 1.165) is 18.7 Å². The van der Waals surface area contributed by atoms with Gasteiger partial charge in [0.05, 0.1) is 0 Å². The van der Waals surface area contributed by atoms with Gasteiger partial charge in [-0.05, 0) is 44.7 Å². The highest BCUT2D eigenvalue weighted by molar-refractivity contribution is 5.94. The number of benzene rings is 1. The summed E-state index contributed by atoms with van der Waals surface area (Å²) in [5.74, 6) is -0.0215. The smallest absolute Gasteiger partial charge is 0.251 e. The Kier molecular flexibility index (Phi) is 12.4. The van der Waals surface area contributed by atoms with Crippen LogP contribution in [0.5, 0.6) is 0 Å². The number of amides is 1. The quantitative estimate of drug-likeness (QED) is 0.805. The van der Waals surface area contributed by atoms with Gasteiger partial charge in [-0.15, -0.1) is 24.8 Å². The van der Waals surface area contributed by atoms with Gasteiger partial charge in [0.15, 0.2) is 0 Å². The second-order valence-corrected chi connectivity index (χ2v) is 4.87. The summed E-state index contributed by atoms with van der Waals surface area (Å²) in [7, 11) is 3.95. The zero-order valence-electron chi connectivity index (χ0n) is 13.2. The van der Waals surface area contributed by atoms with Crippen LogP contribution >= 0.6 is 24.8 Å². The average molecular weight is 336 g/mol. The fourth-order valence-electron chi connectivity index (χ4n) is 1.78. The van der Waals surface area contributed by atoms with Crippen LogP contribution in [0.4, 0.5) is 5.69 Å². The molecule has 0 heterocycles. The Morgan fingerprint density at radius 3 is 2.29 bits per heavy atom. The maximum Gasteiger partial charge on any atom is 0.251 e. The first kappa shape index (κ1) is 22.3. The van der Waals surface area contributed by atoms with Crippen LogP contribution in [-0.2, 0) is 0 Å². The Morgan fingerprint density at radius 2 is 1.81 bits per heavy atom. The predicted molar refractivity (Wildman–Crippen MR) is 95.4 cm³/mol. The van der Waals surface area contributed by atoms with Gasteiger partial charge in [0, 0.05) is 37.4 Å². The van der Waals surface area contributed by atoms with Crippen LogP contribution in [0.15, 0.2) is 24.3 Å². The van der Waals surface area contributed by atoms with E-state index in [1.807, 2.05) is 38.2 Å². The van der Waals surface area contributed by atoms with Crippen LogP contribution in [0.25, 0.3) is 0 Å². The summed E-state index contributed by atoms with van der Waals surface area (Å²) in [6.45, 7) is 5.84. The Hall–Kier alpha value is -0.970. The van der Waals surface area contributed by atoms with Crippen molar-refractivity contribution in [2.24, 2.45) is 0 Å². The molecular weight excluding hydrogens is 309 g/mol. The molecule has 2 N–H and O–H groups in total. The zero-order valence-corrected chi connectivity index (χ0v) is 14.8. The zero-order chi connectivity index (χ0) is 14.3. The fraction of sp³-hybridized carbons (Fsp3) is 0.533. The van der Waals surface area contributed by atoms with E-state index < -0.39 is 0 Å². The van der Waals surface area contributed by atoms with Crippen LogP contribution in [0.2, 0.25) is 0 Å². The molecule has 1 aromatic carbocycles. The molecule has 1 unspecified atom stereocenters. The topological polar surface area (TPSA) is 44.4 Å². The minimum atomic E-state index is -0.0215. The molecule has 0 aromatic heterocycles. The molecule has 0 aliphatic heterocycles. The van der Waals surface area contributed by atoms with Gasteiger partial charge in [0.1, 0.15) is 0 Å². The lowest BCUT2D eigenvalue weighted by Gasteiger charge is -2.18. The second kappa shape index (κ2) is 11.7. The standard InChI is InChI=1S/C15H25N3O.2ClH/c1-5-10-18(4)14-8-6-13(7-9-14)15(19)17-11-12(2)16-3;;/h6-9,12,16H,5,10-11H2,1-4H3,(H,17,19);2*1H. The maximum absolute atomic E-state index is 11.9. The highest BCUT2D eigenvalue weighted by Crippen LogP contribution is 2.14. The molecule has 0 aliphatic rings. The number of nitrogens with zero attached hydrogens (tertiary/aromatic N) is 1. The molecule has 1 rings (SSSR count). The summed E-state index contributed by atoms with van der Waals surface area (Å²) in [5.41, 5.74) is 1.85. The monoisotopic (exact) mass is 335 g/mol. The summed E-state index contributed by atoms with van der Waals surface area (Å²) in [5, 5.41) is 6.00. The largest absolute Gasteiger partial charge is 0.375 e. The predicted octanol–water partition coefficient (Wildman–Crippen LogP) is 2.71. The number of carbonyl (C=O) groups is 1.